The molecule has 0 fully saturated rings. The van der Waals surface area contributed by atoms with Gasteiger partial charge in [-0.2, -0.15) is 31.4 Å². The highest BCUT2D eigenvalue weighted by molar-refractivity contribution is 7.87. The van der Waals surface area contributed by atoms with Crippen LogP contribution in [-0.4, -0.2) is 32.8 Å². The van der Waals surface area contributed by atoms with Crippen LogP contribution in [0.15, 0.2) is 35.1 Å². The summed E-state index contributed by atoms with van der Waals surface area (Å²) in [5, 5.41) is 11.4. The molecule has 2 aromatic carbocycles. The average Bonchev–Trinajstić information content (AvgIpc) is 2.70. The minimum Gasteiger partial charge on any atom is -0.493 e. The van der Waals surface area contributed by atoms with Gasteiger partial charge in [0, 0.05) is 17.5 Å². The second kappa shape index (κ2) is 8.17. The molecule has 0 aliphatic heterocycles. The van der Waals surface area contributed by atoms with Crippen LogP contribution in [0.3, 0.4) is 0 Å². The zero-order valence-electron chi connectivity index (χ0n) is 16.2. The molecule has 0 saturated heterocycles. The highest BCUT2D eigenvalue weighted by Gasteiger charge is 2.34. The number of methoxy groups -OCH3 is 2. The summed E-state index contributed by atoms with van der Waals surface area (Å²) in [5.74, 6) is 0.520. The van der Waals surface area contributed by atoms with Gasteiger partial charge in [0.15, 0.2) is 11.5 Å². The highest BCUT2D eigenvalue weighted by atomic mass is 32.2. The molecule has 166 valence electrons. The fourth-order valence-corrected chi connectivity index (χ4v) is 3.39. The Labute approximate surface area is 174 Å². The van der Waals surface area contributed by atoms with Gasteiger partial charge in [-0.25, -0.2) is 10.2 Å². The largest absolute Gasteiger partial charge is 0.493 e. The van der Waals surface area contributed by atoms with Crippen molar-refractivity contribution >= 4 is 21.0 Å². The normalized spacial score (nSPS) is 12.2. The summed E-state index contributed by atoms with van der Waals surface area (Å²) in [4.78, 5) is 12.2. The van der Waals surface area contributed by atoms with Crippen LogP contribution >= 0.6 is 0 Å². The quantitative estimate of drug-likeness (QED) is 0.516. The summed E-state index contributed by atoms with van der Waals surface area (Å²) in [6.45, 7) is -0.654. The SMILES string of the molecule is COc1cc2c(-c3ccc(CNS(N)(=O)=O)c(C(F)(F)F)c3)n[nH]c(=O)c2cc1OC. The molecule has 9 nitrogen and oxygen atoms in total. The summed E-state index contributed by atoms with van der Waals surface area (Å²) < 4.78 is 75.2. The lowest BCUT2D eigenvalue weighted by molar-refractivity contribution is -0.138. The van der Waals surface area contributed by atoms with Crippen molar-refractivity contribution in [2.45, 2.75) is 12.7 Å². The fraction of sp³-hybridized carbons (Fsp3) is 0.222. The van der Waals surface area contributed by atoms with Gasteiger partial charge >= 0.3 is 6.18 Å². The molecular formula is C18H17F3N4O5S. The molecule has 1 aromatic heterocycles. The van der Waals surface area contributed by atoms with Gasteiger partial charge in [0.1, 0.15) is 0 Å². The van der Waals surface area contributed by atoms with Crippen molar-refractivity contribution in [3.63, 3.8) is 0 Å². The number of fused-ring (bicyclic) bond motifs is 1. The van der Waals surface area contributed by atoms with Crippen LogP contribution in [0.1, 0.15) is 11.1 Å². The molecule has 3 rings (SSSR count). The Kier molecular flexibility index (Phi) is 5.93. The first-order valence-electron chi connectivity index (χ1n) is 8.57. The number of hydrogen-bond acceptors (Lipinski definition) is 6. The monoisotopic (exact) mass is 458 g/mol. The fourth-order valence-electron chi connectivity index (χ4n) is 3.03. The lowest BCUT2D eigenvalue weighted by atomic mass is 9.99. The summed E-state index contributed by atoms with van der Waals surface area (Å²) in [5.41, 5.74) is -1.88. The number of nitrogens with one attached hydrogen (secondary N) is 2. The van der Waals surface area contributed by atoms with Crippen molar-refractivity contribution in [2.75, 3.05) is 14.2 Å². The third kappa shape index (κ3) is 4.78. The summed E-state index contributed by atoms with van der Waals surface area (Å²) in [6, 6.07) is 6.08. The van der Waals surface area contributed by atoms with Crippen molar-refractivity contribution in [2.24, 2.45) is 5.14 Å². The number of hydrogen-bond donors (Lipinski definition) is 3. The minimum atomic E-state index is -4.79. The maximum Gasteiger partial charge on any atom is 0.416 e. The summed E-state index contributed by atoms with van der Waals surface area (Å²) in [6.07, 6.45) is -4.79. The Morgan fingerprint density at radius 3 is 2.26 bits per heavy atom. The topological polar surface area (TPSA) is 136 Å². The molecule has 0 radical (unpaired) electrons. The van der Waals surface area contributed by atoms with E-state index in [1.807, 2.05) is 4.72 Å². The Bertz CT molecular complexity index is 1310. The summed E-state index contributed by atoms with van der Waals surface area (Å²) in [7, 11) is -1.44. The van der Waals surface area contributed by atoms with Crippen LogP contribution in [0.2, 0.25) is 0 Å². The first-order chi connectivity index (χ1) is 14.4. The number of ether oxygens (including phenoxy) is 2. The van der Waals surface area contributed by atoms with Crippen molar-refractivity contribution in [3.8, 4) is 22.8 Å². The van der Waals surface area contributed by atoms with E-state index in [0.29, 0.717) is 0 Å². The molecule has 0 spiro atoms. The van der Waals surface area contributed by atoms with Gasteiger partial charge in [-0.1, -0.05) is 12.1 Å². The van der Waals surface area contributed by atoms with Gasteiger partial charge < -0.3 is 9.47 Å². The summed E-state index contributed by atoms with van der Waals surface area (Å²) >= 11 is 0. The first-order valence-corrected chi connectivity index (χ1v) is 10.1. The zero-order valence-corrected chi connectivity index (χ0v) is 17.0. The molecule has 0 bridgehead atoms. The van der Waals surface area contributed by atoms with E-state index in [2.05, 4.69) is 10.2 Å². The van der Waals surface area contributed by atoms with Gasteiger partial charge in [0.25, 0.3) is 15.8 Å². The number of aromatic amines is 1. The molecule has 0 saturated carbocycles. The number of aromatic nitrogens is 2. The van der Waals surface area contributed by atoms with Crippen LogP contribution in [0, 0.1) is 0 Å². The standard InChI is InChI=1S/C18H17F3N4O5S/c1-29-14-6-11-12(7-15(14)30-2)17(26)25-24-16(11)9-3-4-10(8-23-31(22,27)28)13(5-9)18(19,20)21/h3-7,23H,8H2,1-2H3,(H,25,26)(H2,22,27,28). The third-order valence-corrected chi connectivity index (χ3v) is 4.99. The smallest absolute Gasteiger partial charge is 0.416 e. The molecule has 1 heterocycles. The molecule has 0 aliphatic carbocycles. The average molecular weight is 458 g/mol. The predicted octanol–water partition coefficient (Wildman–Crippen LogP) is 1.92. The molecule has 13 heteroatoms. The second-order valence-electron chi connectivity index (χ2n) is 6.39. The molecule has 0 amide bonds. The molecule has 4 N–H and O–H groups in total. The molecule has 3 aromatic rings. The van der Waals surface area contributed by atoms with Crippen LogP contribution in [0.25, 0.3) is 22.0 Å². The van der Waals surface area contributed by atoms with Gasteiger partial charge in [0.2, 0.25) is 0 Å². The maximum atomic E-state index is 13.6. The van der Waals surface area contributed by atoms with Gasteiger partial charge in [-0.3, -0.25) is 4.79 Å². The van der Waals surface area contributed by atoms with E-state index in [-0.39, 0.29) is 39.1 Å². The van der Waals surface area contributed by atoms with Crippen molar-refractivity contribution < 1.29 is 31.1 Å². The van der Waals surface area contributed by atoms with Gasteiger partial charge in [-0.15, -0.1) is 0 Å². The zero-order chi connectivity index (χ0) is 23.0. The Hall–Kier alpha value is -3.16. The van der Waals surface area contributed by atoms with Crippen LogP contribution < -0.4 is 24.9 Å². The molecular weight excluding hydrogens is 441 g/mol. The minimum absolute atomic E-state index is 0.0418. The molecule has 0 aliphatic rings. The first kappa shape index (κ1) is 22.5. The lowest BCUT2D eigenvalue weighted by Crippen LogP contribution is -2.31. The van der Waals surface area contributed by atoms with E-state index in [4.69, 9.17) is 14.6 Å². The van der Waals surface area contributed by atoms with E-state index < -0.39 is 34.1 Å². The number of nitrogens with zero attached hydrogens (tertiary/aromatic N) is 1. The van der Waals surface area contributed by atoms with Crippen LogP contribution in [0.5, 0.6) is 11.5 Å². The second-order valence-corrected chi connectivity index (χ2v) is 7.77. The van der Waals surface area contributed by atoms with E-state index >= 15 is 0 Å². The predicted molar refractivity (Wildman–Crippen MR) is 106 cm³/mol. The van der Waals surface area contributed by atoms with Gasteiger partial charge in [0.05, 0.1) is 30.9 Å². The van der Waals surface area contributed by atoms with Crippen molar-refractivity contribution in [1.29, 1.82) is 0 Å². The van der Waals surface area contributed by atoms with E-state index in [0.717, 1.165) is 12.1 Å². The number of nitrogens with two attached hydrogens (primary N) is 1. The number of rotatable bonds is 6. The Morgan fingerprint density at radius 1 is 1.10 bits per heavy atom. The number of benzene rings is 2. The van der Waals surface area contributed by atoms with Gasteiger partial charge in [-0.05, 0) is 23.8 Å². The maximum absolute atomic E-state index is 13.6. The number of H-pyrrole nitrogens is 1. The number of halogens is 3. The van der Waals surface area contributed by atoms with E-state index in [1.54, 1.807) is 0 Å². The Balaban J connectivity index is 2.23. The third-order valence-electron chi connectivity index (χ3n) is 4.45. The Morgan fingerprint density at radius 2 is 1.71 bits per heavy atom. The lowest BCUT2D eigenvalue weighted by Gasteiger charge is -2.16. The van der Waals surface area contributed by atoms with Crippen LogP contribution in [0.4, 0.5) is 13.2 Å². The molecule has 0 atom stereocenters. The highest BCUT2D eigenvalue weighted by Crippen LogP contribution is 2.38. The molecule has 0 unspecified atom stereocenters. The molecule has 31 heavy (non-hydrogen) atoms. The van der Waals surface area contributed by atoms with Crippen molar-refractivity contribution in [3.05, 3.63) is 51.8 Å². The number of alkyl halides is 3. The van der Waals surface area contributed by atoms with Crippen LogP contribution in [-0.2, 0) is 22.9 Å². The van der Waals surface area contributed by atoms with Crippen molar-refractivity contribution in [1.82, 2.24) is 14.9 Å². The van der Waals surface area contributed by atoms with E-state index in [9.17, 15) is 26.4 Å². The van der Waals surface area contributed by atoms with E-state index in [1.165, 1.54) is 32.4 Å².